The smallest absolute Gasteiger partial charge is 0.270 e. The van der Waals surface area contributed by atoms with Crippen LogP contribution in [0, 0.1) is 0 Å². The van der Waals surface area contributed by atoms with Crippen LogP contribution in [0.2, 0.25) is 0 Å². The van der Waals surface area contributed by atoms with Crippen molar-refractivity contribution in [2.75, 3.05) is 0 Å². The van der Waals surface area contributed by atoms with E-state index in [4.69, 9.17) is 0 Å². The maximum absolute atomic E-state index is 12.1. The second-order valence-electron chi connectivity index (χ2n) is 4.86. The van der Waals surface area contributed by atoms with Gasteiger partial charge in [-0.2, -0.15) is 0 Å². The Morgan fingerprint density at radius 3 is 2.50 bits per heavy atom. The highest BCUT2D eigenvalue weighted by Crippen LogP contribution is 2.17. The lowest BCUT2D eigenvalue weighted by Crippen LogP contribution is -2.35. The molecule has 1 aliphatic rings. The molecule has 0 aliphatic heterocycles. The molecule has 2 rings (SSSR count). The van der Waals surface area contributed by atoms with Gasteiger partial charge < -0.3 is 5.32 Å². The maximum Gasteiger partial charge on any atom is 0.270 e. The van der Waals surface area contributed by atoms with Crippen molar-refractivity contribution < 1.29 is 4.79 Å². The van der Waals surface area contributed by atoms with Crippen LogP contribution in [0.3, 0.4) is 0 Å². The lowest BCUT2D eigenvalue weighted by molar-refractivity contribution is 0.0925. The molecule has 1 fully saturated rings. The number of nitrogens with zero attached hydrogens (tertiary/aromatic N) is 1. The standard InChI is InChI=1S/C14H19BrN2O/c15-13-10-6-9-12(17-13)14(18)16-11-7-4-2-1-3-5-8-11/h6,9-11H,1-5,7-8H2,(H,16,18). The Balaban J connectivity index is 1.93. The van der Waals surface area contributed by atoms with Crippen molar-refractivity contribution in [3.8, 4) is 0 Å². The largest absolute Gasteiger partial charge is 0.348 e. The minimum Gasteiger partial charge on any atom is -0.348 e. The molecule has 0 radical (unpaired) electrons. The summed E-state index contributed by atoms with van der Waals surface area (Å²) in [7, 11) is 0. The van der Waals surface area contributed by atoms with Crippen LogP contribution in [-0.4, -0.2) is 16.9 Å². The van der Waals surface area contributed by atoms with E-state index in [-0.39, 0.29) is 5.91 Å². The molecule has 1 aromatic rings. The molecule has 1 aromatic heterocycles. The van der Waals surface area contributed by atoms with Gasteiger partial charge in [-0.3, -0.25) is 4.79 Å². The monoisotopic (exact) mass is 310 g/mol. The van der Waals surface area contributed by atoms with Crippen molar-refractivity contribution >= 4 is 21.8 Å². The molecule has 0 bridgehead atoms. The van der Waals surface area contributed by atoms with Gasteiger partial charge in [0, 0.05) is 6.04 Å². The number of carbonyl (C=O) groups excluding carboxylic acids is 1. The number of hydrogen-bond acceptors (Lipinski definition) is 2. The number of amides is 1. The topological polar surface area (TPSA) is 42.0 Å². The number of pyridine rings is 1. The molecule has 0 spiro atoms. The molecule has 4 heteroatoms. The molecular weight excluding hydrogens is 292 g/mol. The van der Waals surface area contributed by atoms with Gasteiger partial charge in [0.25, 0.3) is 5.91 Å². The fourth-order valence-corrected chi connectivity index (χ4v) is 2.74. The zero-order valence-corrected chi connectivity index (χ0v) is 12.1. The summed E-state index contributed by atoms with van der Waals surface area (Å²) in [5.74, 6) is -0.0538. The first kappa shape index (κ1) is 13.5. The molecule has 0 saturated heterocycles. The number of aromatic nitrogens is 1. The van der Waals surface area contributed by atoms with E-state index in [1.165, 1.54) is 32.1 Å². The quantitative estimate of drug-likeness (QED) is 0.847. The van der Waals surface area contributed by atoms with Gasteiger partial charge in [0.2, 0.25) is 0 Å². The number of hydrogen-bond donors (Lipinski definition) is 1. The lowest BCUT2D eigenvalue weighted by Gasteiger charge is -2.20. The minimum atomic E-state index is -0.0538. The van der Waals surface area contributed by atoms with Gasteiger partial charge in [-0.05, 0) is 40.9 Å². The third-order valence-electron chi connectivity index (χ3n) is 3.39. The van der Waals surface area contributed by atoms with Gasteiger partial charge in [-0.1, -0.05) is 38.2 Å². The van der Waals surface area contributed by atoms with E-state index in [1.807, 2.05) is 12.1 Å². The molecule has 1 aliphatic carbocycles. The van der Waals surface area contributed by atoms with Crippen molar-refractivity contribution in [3.05, 3.63) is 28.5 Å². The van der Waals surface area contributed by atoms with E-state index in [1.54, 1.807) is 6.07 Å². The van der Waals surface area contributed by atoms with Crippen molar-refractivity contribution in [2.45, 2.75) is 51.0 Å². The maximum atomic E-state index is 12.1. The fourth-order valence-electron chi connectivity index (χ4n) is 2.39. The molecule has 98 valence electrons. The van der Waals surface area contributed by atoms with E-state index < -0.39 is 0 Å². The third-order valence-corrected chi connectivity index (χ3v) is 3.83. The number of carbonyl (C=O) groups is 1. The molecule has 0 atom stereocenters. The van der Waals surface area contributed by atoms with Crippen LogP contribution < -0.4 is 5.32 Å². The van der Waals surface area contributed by atoms with Gasteiger partial charge in [-0.15, -0.1) is 0 Å². The third kappa shape index (κ3) is 4.09. The molecule has 3 nitrogen and oxygen atoms in total. The summed E-state index contributed by atoms with van der Waals surface area (Å²) < 4.78 is 0.702. The molecule has 1 heterocycles. The van der Waals surface area contributed by atoms with Gasteiger partial charge in [0.15, 0.2) is 0 Å². The zero-order chi connectivity index (χ0) is 12.8. The number of halogens is 1. The number of rotatable bonds is 2. The van der Waals surface area contributed by atoms with Crippen molar-refractivity contribution in [1.82, 2.24) is 10.3 Å². The van der Waals surface area contributed by atoms with E-state index in [2.05, 4.69) is 26.2 Å². The van der Waals surface area contributed by atoms with Crippen LogP contribution in [0.5, 0.6) is 0 Å². The van der Waals surface area contributed by atoms with E-state index >= 15 is 0 Å². The van der Waals surface area contributed by atoms with Crippen LogP contribution in [0.15, 0.2) is 22.8 Å². The normalized spacial score (nSPS) is 17.8. The molecule has 1 N–H and O–H groups in total. The number of nitrogens with one attached hydrogen (secondary N) is 1. The molecule has 18 heavy (non-hydrogen) atoms. The summed E-state index contributed by atoms with van der Waals surface area (Å²) in [6.07, 6.45) is 8.56. The van der Waals surface area contributed by atoms with Crippen LogP contribution in [0.4, 0.5) is 0 Å². The molecule has 0 aromatic carbocycles. The molecule has 1 amide bonds. The second kappa shape index (κ2) is 6.88. The highest BCUT2D eigenvalue weighted by molar-refractivity contribution is 9.10. The Morgan fingerprint density at radius 1 is 1.17 bits per heavy atom. The average Bonchev–Trinajstić information content (AvgIpc) is 2.32. The molecule has 0 unspecified atom stereocenters. The first-order chi connectivity index (χ1) is 8.75. The van der Waals surface area contributed by atoms with Gasteiger partial charge in [-0.25, -0.2) is 4.98 Å². The van der Waals surface area contributed by atoms with Crippen LogP contribution in [-0.2, 0) is 0 Å². The summed E-state index contributed by atoms with van der Waals surface area (Å²) in [6, 6.07) is 5.73. The minimum absolute atomic E-state index is 0.0538. The van der Waals surface area contributed by atoms with Crippen LogP contribution >= 0.6 is 15.9 Å². The Hall–Kier alpha value is -0.900. The average molecular weight is 311 g/mol. The predicted molar refractivity (Wildman–Crippen MR) is 75.5 cm³/mol. The van der Waals surface area contributed by atoms with Crippen molar-refractivity contribution in [1.29, 1.82) is 0 Å². The molecular formula is C14H19BrN2O. The Kier molecular flexibility index (Phi) is 5.17. The zero-order valence-electron chi connectivity index (χ0n) is 10.5. The Labute approximate surface area is 117 Å². The summed E-state index contributed by atoms with van der Waals surface area (Å²) in [6.45, 7) is 0. The first-order valence-electron chi connectivity index (χ1n) is 6.69. The SMILES string of the molecule is O=C(NC1CCCCCCC1)c1cccc(Br)n1. The summed E-state index contributed by atoms with van der Waals surface area (Å²) in [5.41, 5.74) is 0.492. The van der Waals surface area contributed by atoms with Crippen LogP contribution in [0.1, 0.15) is 55.4 Å². The fraction of sp³-hybridized carbons (Fsp3) is 0.571. The van der Waals surface area contributed by atoms with Crippen LogP contribution in [0.25, 0.3) is 0 Å². The first-order valence-corrected chi connectivity index (χ1v) is 7.48. The van der Waals surface area contributed by atoms with Crippen molar-refractivity contribution in [3.63, 3.8) is 0 Å². The predicted octanol–water partition coefficient (Wildman–Crippen LogP) is 3.69. The summed E-state index contributed by atoms with van der Waals surface area (Å²) in [4.78, 5) is 16.3. The summed E-state index contributed by atoms with van der Waals surface area (Å²) >= 11 is 3.29. The Bertz CT molecular complexity index is 401. The lowest BCUT2D eigenvalue weighted by atomic mass is 9.96. The van der Waals surface area contributed by atoms with Gasteiger partial charge in [0.1, 0.15) is 10.3 Å². The highest BCUT2D eigenvalue weighted by atomic mass is 79.9. The second-order valence-corrected chi connectivity index (χ2v) is 5.67. The molecule has 1 saturated carbocycles. The van der Waals surface area contributed by atoms with Gasteiger partial charge in [0.05, 0.1) is 0 Å². The summed E-state index contributed by atoms with van der Waals surface area (Å²) in [5, 5.41) is 3.11. The van der Waals surface area contributed by atoms with E-state index in [0.717, 1.165) is 12.8 Å². The Morgan fingerprint density at radius 2 is 1.83 bits per heavy atom. The highest BCUT2D eigenvalue weighted by Gasteiger charge is 2.15. The van der Waals surface area contributed by atoms with E-state index in [9.17, 15) is 4.79 Å². The van der Waals surface area contributed by atoms with Crippen molar-refractivity contribution in [2.24, 2.45) is 0 Å². The van der Waals surface area contributed by atoms with Gasteiger partial charge >= 0.3 is 0 Å². The van der Waals surface area contributed by atoms with E-state index in [0.29, 0.717) is 16.3 Å².